The highest BCUT2D eigenvalue weighted by atomic mass is 32.3. The zero-order chi connectivity index (χ0) is 27.4. The predicted molar refractivity (Wildman–Crippen MR) is 144 cm³/mol. The van der Waals surface area contributed by atoms with Crippen molar-refractivity contribution >= 4 is 10.4 Å². The summed E-state index contributed by atoms with van der Waals surface area (Å²) in [7, 11) is -1.33. The molecule has 0 aromatic carbocycles. The maximum absolute atomic E-state index is 9.22. The van der Waals surface area contributed by atoms with Gasteiger partial charge in [0.2, 0.25) is 10.4 Å². The Bertz CT molecular complexity index is 522. The highest BCUT2D eigenvalue weighted by Crippen LogP contribution is 2.14. The molecule has 0 aromatic heterocycles. The van der Waals surface area contributed by atoms with Crippen molar-refractivity contribution in [3.63, 3.8) is 0 Å². The van der Waals surface area contributed by atoms with Crippen LogP contribution in [0.2, 0.25) is 0 Å². The van der Waals surface area contributed by atoms with Crippen LogP contribution in [0.3, 0.4) is 0 Å². The van der Waals surface area contributed by atoms with Gasteiger partial charge in [0.15, 0.2) is 0 Å². The third kappa shape index (κ3) is 31.7. The van der Waals surface area contributed by atoms with E-state index in [1.165, 1.54) is 89.9 Å². The van der Waals surface area contributed by atoms with E-state index >= 15 is 0 Å². The van der Waals surface area contributed by atoms with E-state index in [2.05, 4.69) is 18.2 Å². The van der Waals surface area contributed by atoms with E-state index in [9.17, 15) is 13.0 Å². The van der Waals surface area contributed by atoms with Gasteiger partial charge in [0.05, 0.1) is 60.3 Å². The molecule has 36 heavy (non-hydrogen) atoms. The molecule has 0 aliphatic heterocycles. The Balaban J connectivity index is 0. The fourth-order valence-electron chi connectivity index (χ4n) is 3.93. The Kier molecular flexibility index (Phi) is 29.1. The van der Waals surface area contributed by atoms with Crippen molar-refractivity contribution in [1.82, 2.24) is 0 Å². The third-order valence-corrected chi connectivity index (χ3v) is 6.69. The van der Waals surface area contributed by atoms with Crippen molar-refractivity contribution in [3.05, 3.63) is 0 Å². The van der Waals surface area contributed by atoms with Gasteiger partial charge in [0.1, 0.15) is 13.1 Å². The van der Waals surface area contributed by atoms with Gasteiger partial charge in [-0.3, -0.25) is 4.18 Å². The monoisotopic (exact) mass is 543 g/mol. The van der Waals surface area contributed by atoms with Crippen LogP contribution in [0.4, 0.5) is 0 Å². The zero-order valence-corrected chi connectivity index (χ0v) is 24.3. The lowest BCUT2D eigenvalue weighted by molar-refractivity contribution is -0.910. The van der Waals surface area contributed by atoms with Crippen LogP contribution in [0, 0.1) is 0 Å². The molecule has 0 atom stereocenters. The molecule has 0 heterocycles. The summed E-state index contributed by atoms with van der Waals surface area (Å²) in [6.45, 7) is 7.67. The van der Waals surface area contributed by atoms with Gasteiger partial charge in [-0.2, -0.15) is 0 Å². The molecule has 0 aliphatic carbocycles. The fraction of sp³-hybridized carbons (Fsp3) is 1.00. The van der Waals surface area contributed by atoms with E-state index in [4.69, 9.17) is 19.7 Å². The number of nitrogens with zero attached hydrogens (tertiary/aromatic N) is 1. The number of aliphatic hydroxyl groups excluding tert-OH is 2. The summed E-state index contributed by atoms with van der Waals surface area (Å²) in [5, 5.41) is 17.7. The number of unbranched alkanes of at least 4 members (excludes halogenated alkanes) is 13. The normalized spacial score (nSPS) is 11.9. The van der Waals surface area contributed by atoms with E-state index in [1.54, 1.807) is 0 Å². The molecule has 220 valence electrons. The second kappa shape index (κ2) is 27.7. The Hall–Kier alpha value is -0.330. The first-order valence-electron chi connectivity index (χ1n) is 14.0. The highest BCUT2D eigenvalue weighted by Gasteiger charge is 2.20. The van der Waals surface area contributed by atoms with Crippen LogP contribution in [0.1, 0.15) is 96.8 Å². The summed E-state index contributed by atoms with van der Waals surface area (Å²) in [5.41, 5.74) is 0. The van der Waals surface area contributed by atoms with Gasteiger partial charge in [-0.05, 0) is 12.8 Å². The molecule has 0 fully saturated rings. The van der Waals surface area contributed by atoms with Crippen LogP contribution >= 0.6 is 0 Å². The standard InChI is InChI=1S/C25H54NO4.CH4O4S/c1-3-4-5-6-7-8-9-10-11-12-13-14-15-16-17-26(2,18-22-29-24-20-27)19-23-30-25-21-28;1-5-6(2,3)4/h27-28H,3-25H2,1-2H3;1H3,(H,2,3,4)/q+1;/p-1. The quantitative estimate of drug-likeness (QED) is 0.0725. The maximum atomic E-state index is 9.22. The SMILES string of the molecule is CCCCCCCCCCCCCCCC[N+](C)(CCOCCO)CCOCCO.COS(=O)(=O)[O-]. The fourth-order valence-corrected chi connectivity index (χ4v) is 3.93. The second-order valence-electron chi connectivity index (χ2n) is 9.63. The van der Waals surface area contributed by atoms with Gasteiger partial charge in [0.25, 0.3) is 0 Å². The van der Waals surface area contributed by atoms with Gasteiger partial charge >= 0.3 is 0 Å². The highest BCUT2D eigenvalue weighted by molar-refractivity contribution is 7.80. The van der Waals surface area contributed by atoms with Crippen molar-refractivity contribution in [2.24, 2.45) is 0 Å². The average molecular weight is 544 g/mol. The number of hydrogen-bond acceptors (Lipinski definition) is 8. The molecule has 0 spiro atoms. The maximum Gasteiger partial charge on any atom is 0.217 e. The number of quaternary nitrogens is 1. The molecule has 0 rings (SSSR count). The van der Waals surface area contributed by atoms with Crippen LogP contribution in [-0.4, -0.2) is 101 Å². The average Bonchev–Trinajstić information content (AvgIpc) is 2.85. The molecular formula is C26H57NO8S. The lowest BCUT2D eigenvalue weighted by Crippen LogP contribution is -2.49. The smallest absolute Gasteiger partial charge is 0.217 e. The third-order valence-electron chi connectivity index (χ3n) is 6.28. The summed E-state index contributed by atoms with van der Waals surface area (Å²) in [6.07, 6.45) is 19.4. The Morgan fingerprint density at radius 2 is 0.972 bits per heavy atom. The van der Waals surface area contributed by atoms with Gasteiger partial charge in [-0.15, -0.1) is 0 Å². The molecule has 9 nitrogen and oxygen atoms in total. The van der Waals surface area contributed by atoms with Gasteiger partial charge in [-0.1, -0.05) is 84.0 Å². The summed E-state index contributed by atoms with van der Waals surface area (Å²) in [6, 6.07) is 0. The van der Waals surface area contributed by atoms with Crippen molar-refractivity contribution < 1.29 is 41.3 Å². The van der Waals surface area contributed by atoms with E-state index in [0.29, 0.717) is 26.4 Å². The molecule has 0 unspecified atom stereocenters. The van der Waals surface area contributed by atoms with Crippen LogP contribution in [-0.2, 0) is 24.1 Å². The Labute approximate surface area is 222 Å². The lowest BCUT2D eigenvalue weighted by Gasteiger charge is -2.34. The predicted octanol–water partition coefficient (Wildman–Crippen LogP) is 4.03. The van der Waals surface area contributed by atoms with E-state index < -0.39 is 10.4 Å². The second-order valence-corrected chi connectivity index (χ2v) is 10.8. The largest absolute Gasteiger partial charge is 0.726 e. The molecule has 0 saturated heterocycles. The van der Waals surface area contributed by atoms with E-state index in [-0.39, 0.29) is 13.2 Å². The summed E-state index contributed by atoms with van der Waals surface area (Å²) in [5.74, 6) is 0. The first kappa shape index (κ1) is 37.8. The number of hydrogen-bond donors (Lipinski definition) is 2. The lowest BCUT2D eigenvalue weighted by atomic mass is 10.0. The van der Waals surface area contributed by atoms with Gasteiger partial charge < -0.3 is 28.7 Å². The molecule has 0 amide bonds. The number of rotatable bonds is 26. The first-order chi connectivity index (χ1) is 17.2. The minimum Gasteiger partial charge on any atom is -0.726 e. The van der Waals surface area contributed by atoms with Crippen molar-refractivity contribution in [2.75, 3.05) is 73.4 Å². The molecule has 0 bridgehead atoms. The van der Waals surface area contributed by atoms with Crippen LogP contribution < -0.4 is 0 Å². The summed E-state index contributed by atoms with van der Waals surface area (Å²) < 4.78 is 42.9. The topological polar surface area (TPSA) is 125 Å². The Morgan fingerprint density at radius 3 is 1.28 bits per heavy atom. The van der Waals surface area contributed by atoms with Crippen LogP contribution in [0.15, 0.2) is 0 Å². The van der Waals surface area contributed by atoms with Crippen molar-refractivity contribution in [2.45, 2.75) is 96.8 Å². The molecule has 0 aromatic rings. The van der Waals surface area contributed by atoms with E-state index in [1.807, 2.05) is 0 Å². The van der Waals surface area contributed by atoms with Crippen molar-refractivity contribution in [3.8, 4) is 0 Å². The summed E-state index contributed by atoms with van der Waals surface area (Å²) in [4.78, 5) is 0. The molecule has 10 heteroatoms. The molecular weight excluding hydrogens is 486 g/mol. The molecule has 0 radical (unpaired) electrons. The number of aliphatic hydroxyl groups is 2. The Morgan fingerprint density at radius 1 is 0.639 bits per heavy atom. The number of likely N-dealkylation sites (N-methyl/N-ethyl adjacent to an activating group) is 1. The first-order valence-corrected chi connectivity index (χ1v) is 15.3. The molecule has 0 saturated carbocycles. The van der Waals surface area contributed by atoms with Gasteiger partial charge in [0, 0.05) is 0 Å². The number of ether oxygens (including phenoxy) is 2. The molecule has 2 N–H and O–H groups in total. The van der Waals surface area contributed by atoms with Crippen molar-refractivity contribution in [1.29, 1.82) is 0 Å². The van der Waals surface area contributed by atoms with Crippen LogP contribution in [0.5, 0.6) is 0 Å². The van der Waals surface area contributed by atoms with Crippen LogP contribution in [0.25, 0.3) is 0 Å². The minimum atomic E-state index is -4.41. The van der Waals surface area contributed by atoms with Gasteiger partial charge in [-0.25, -0.2) is 8.42 Å². The molecule has 0 aliphatic rings. The zero-order valence-electron chi connectivity index (χ0n) is 23.5. The minimum absolute atomic E-state index is 0.0856. The van der Waals surface area contributed by atoms with E-state index in [0.717, 1.165) is 31.2 Å². The summed E-state index contributed by atoms with van der Waals surface area (Å²) >= 11 is 0.